The molecule has 0 N–H and O–H groups in total. The summed E-state index contributed by atoms with van der Waals surface area (Å²) in [6.07, 6.45) is -2.77. The molecule has 0 saturated heterocycles. The summed E-state index contributed by atoms with van der Waals surface area (Å²) in [7, 11) is 1.66. The lowest BCUT2D eigenvalue weighted by Gasteiger charge is -2.27. The first-order valence-electron chi connectivity index (χ1n) is 6.02. The van der Waals surface area contributed by atoms with Crippen LogP contribution >= 0.6 is 0 Å². The Hall–Kier alpha value is -1.77. The summed E-state index contributed by atoms with van der Waals surface area (Å²) < 4.78 is 38.0. The molecule has 1 aromatic heterocycles. The third kappa shape index (κ3) is 3.60. The maximum atomic E-state index is 12.7. The molecule has 1 atom stereocenters. The Bertz CT molecular complexity index is 477. The molecule has 0 fully saturated rings. The van der Waals surface area contributed by atoms with Crippen LogP contribution in [-0.2, 0) is 6.18 Å². The predicted octanol–water partition coefficient (Wildman–Crippen LogP) is 3.60. The Kier molecular flexibility index (Phi) is 4.76. The van der Waals surface area contributed by atoms with Crippen LogP contribution in [0.2, 0.25) is 0 Å². The Balaban J connectivity index is 3.20. The first-order valence-corrected chi connectivity index (χ1v) is 6.02. The summed E-state index contributed by atoms with van der Waals surface area (Å²) in [5, 5.41) is 8.97. The van der Waals surface area contributed by atoms with E-state index in [1.54, 1.807) is 11.9 Å². The Labute approximate surface area is 110 Å². The van der Waals surface area contributed by atoms with Gasteiger partial charge in [0, 0.05) is 13.1 Å². The molecule has 19 heavy (non-hydrogen) atoms. The van der Waals surface area contributed by atoms with E-state index in [1.807, 2.05) is 19.9 Å². The van der Waals surface area contributed by atoms with E-state index in [1.165, 1.54) is 6.07 Å². The number of nitriles is 1. The van der Waals surface area contributed by atoms with Crippen molar-refractivity contribution in [1.29, 1.82) is 5.26 Å². The van der Waals surface area contributed by atoms with Crippen molar-refractivity contribution in [2.45, 2.75) is 38.9 Å². The predicted molar refractivity (Wildman–Crippen MR) is 66.7 cm³/mol. The number of aromatic nitrogens is 1. The monoisotopic (exact) mass is 271 g/mol. The van der Waals surface area contributed by atoms with E-state index in [0.717, 1.165) is 18.9 Å². The number of hydrogen-bond acceptors (Lipinski definition) is 3. The molecule has 0 aliphatic heterocycles. The third-order valence-corrected chi connectivity index (χ3v) is 2.99. The van der Waals surface area contributed by atoms with Crippen molar-refractivity contribution in [3.05, 3.63) is 23.4 Å². The van der Waals surface area contributed by atoms with Gasteiger partial charge in [0.25, 0.3) is 0 Å². The van der Waals surface area contributed by atoms with Gasteiger partial charge in [0.05, 0.1) is 5.56 Å². The third-order valence-electron chi connectivity index (χ3n) is 2.99. The lowest BCUT2D eigenvalue weighted by Crippen LogP contribution is -2.30. The highest BCUT2D eigenvalue weighted by Gasteiger charge is 2.33. The zero-order valence-corrected chi connectivity index (χ0v) is 11.1. The number of hydrogen-bond donors (Lipinski definition) is 0. The second kappa shape index (κ2) is 5.91. The van der Waals surface area contributed by atoms with Crippen LogP contribution in [0.4, 0.5) is 19.0 Å². The highest BCUT2D eigenvalue weighted by atomic mass is 19.4. The van der Waals surface area contributed by atoms with Gasteiger partial charge in [-0.25, -0.2) is 4.98 Å². The maximum absolute atomic E-state index is 12.7. The first kappa shape index (κ1) is 15.3. The normalized spacial score (nSPS) is 12.9. The van der Waals surface area contributed by atoms with Gasteiger partial charge >= 0.3 is 6.18 Å². The fraction of sp³-hybridized carbons (Fsp3) is 0.538. The summed E-state index contributed by atoms with van der Waals surface area (Å²) in [6, 6.07) is 3.90. The van der Waals surface area contributed by atoms with Gasteiger partial charge in [-0.15, -0.1) is 0 Å². The average Bonchev–Trinajstić information content (AvgIpc) is 2.36. The van der Waals surface area contributed by atoms with Crippen molar-refractivity contribution in [3.8, 4) is 6.07 Å². The molecular formula is C13H16F3N3. The van der Waals surface area contributed by atoms with Gasteiger partial charge in [0.2, 0.25) is 0 Å². The zero-order chi connectivity index (χ0) is 14.6. The first-order chi connectivity index (χ1) is 8.81. The molecule has 0 aliphatic rings. The number of halogens is 3. The minimum atomic E-state index is -4.50. The average molecular weight is 271 g/mol. The quantitative estimate of drug-likeness (QED) is 0.840. The van der Waals surface area contributed by atoms with Crippen molar-refractivity contribution >= 4 is 5.82 Å². The highest BCUT2D eigenvalue weighted by molar-refractivity contribution is 5.54. The van der Waals surface area contributed by atoms with Crippen LogP contribution in [-0.4, -0.2) is 18.1 Å². The molecule has 0 aliphatic carbocycles. The molecule has 0 amide bonds. The lowest BCUT2D eigenvalue weighted by molar-refractivity contribution is -0.141. The summed E-state index contributed by atoms with van der Waals surface area (Å²) in [4.78, 5) is 5.22. The summed E-state index contributed by atoms with van der Waals surface area (Å²) in [5.41, 5.74) is -0.824. The minimum absolute atomic E-state index is 0.0214. The largest absolute Gasteiger partial charge is 0.433 e. The molecule has 0 aromatic carbocycles. The molecule has 1 unspecified atom stereocenters. The van der Waals surface area contributed by atoms with Crippen LogP contribution in [0.15, 0.2) is 12.1 Å². The van der Waals surface area contributed by atoms with Gasteiger partial charge in [-0.3, -0.25) is 0 Å². The van der Waals surface area contributed by atoms with Gasteiger partial charge in [0.15, 0.2) is 0 Å². The van der Waals surface area contributed by atoms with Gasteiger partial charge in [-0.2, -0.15) is 18.4 Å². The van der Waals surface area contributed by atoms with Crippen molar-refractivity contribution in [1.82, 2.24) is 4.98 Å². The van der Waals surface area contributed by atoms with E-state index in [4.69, 9.17) is 5.26 Å². The van der Waals surface area contributed by atoms with Gasteiger partial charge in [0.1, 0.15) is 17.6 Å². The molecule has 1 rings (SSSR count). The maximum Gasteiger partial charge on any atom is 0.433 e. The SMILES string of the molecule is CCCC(C)N(C)c1nc(C(F)(F)F)ccc1C#N. The van der Waals surface area contributed by atoms with E-state index < -0.39 is 11.9 Å². The Morgan fingerprint density at radius 2 is 2.05 bits per heavy atom. The van der Waals surface area contributed by atoms with Crippen molar-refractivity contribution in [2.75, 3.05) is 11.9 Å². The lowest BCUT2D eigenvalue weighted by atomic mass is 10.1. The topological polar surface area (TPSA) is 39.9 Å². The molecule has 1 aromatic rings. The molecule has 0 spiro atoms. The summed E-state index contributed by atoms with van der Waals surface area (Å²) in [5.74, 6) is 0.0817. The molecule has 3 nitrogen and oxygen atoms in total. The molecule has 104 valence electrons. The fourth-order valence-electron chi connectivity index (χ4n) is 1.78. The van der Waals surface area contributed by atoms with Crippen molar-refractivity contribution in [2.24, 2.45) is 0 Å². The second-order valence-corrected chi connectivity index (χ2v) is 4.43. The molecular weight excluding hydrogens is 255 g/mol. The van der Waals surface area contributed by atoms with Crippen molar-refractivity contribution in [3.63, 3.8) is 0 Å². The van der Waals surface area contributed by atoms with E-state index in [2.05, 4.69) is 4.98 Å². The van der Waals surface area contributed by atoms with Crippen LogP contribution in [0.25, 0.3) is 0 Å². The smallest absolute Gasteiger partial charge is 0.356 e. The number of pyridine rings is 1. The molecule has 0 bridgehead atoms. The Morgan fingerprint density at radius 3 is 2.53 bits per heavy atom. The number of rotatable bonds is 4. The van der Waals surface area contributed by atoms with Gasteiger partial charge < -0.3 is 4.90 Å². The highest BCUT2D eigenvalue weighted by Crippen LogP contribution is 2.30. The van der Waals surface area contributed by atoms with E-state index in [9.17, 15) is 13.2 Å². The van der Waals surface area contributed by atoms with E-state index in [0.29, 0.717) is 0 Å². The number of anilines is 1. The second-order valence-electron chi connectivity index (χ2n) is 4.43. The van der Waals surface area contributed by atoms with E-state index >= 15 is 0 Å². The standard InChI is InChI=1S/C13H16F3N3/c1-4-5-9(2)19(3)12-10(8-17)6-7-11(18-12)13(14,15)16/h6-7,9H,4-5H2,1-3H3. The van der Waals surface area contributed by atoms with Gasteiger partial charge in [-0.1, -0.05) is 13.3 Å². The van der Waals surface area contributed by atoms with Crippen LogP contribution in [0.1, 0.15) is 37.9 Å². The Morgan fingerprint density at radius 1 is 1.42 bits per heavy atom. The fourth-order valence-corrected chi connectivity index (χ4v) is 1.78. The van der Waals surface area contributed by atoms with Crippen LogP contribution in [0.3, 0.4) is 0 Å². The molecule has 6 heteroatoms. The molecule has 1 heterocycles. The van der Waals surface area contributed by atoms with E-state index in [-0.39, 0.29) is 17.4 Å². The molecule has 0 saturated carbocycles. The zero-order valence-electron chi connectivity index (χ0n) is 11.1. The number of alkyl halides is 3. The molecule has 0 radical (unpaired) electrons. The van der Waals surface area contributed by atoms with Crippen LogP contribution in [0.5, 0.6) is 0 Å². The number of nitrogens with zero attached hydrogens (tertiary/aromatic N) is 3. The summed E-state index contributed by atoms with van der Waals surface area (Å²) in [6.45, 7) is 3.89. The van der Waals surface area contributed by atoms with Crippen LogP contribution < -0.4 is 4.90 Å². The van der Waals surface area contributed by atoms with Gasteiger partial charge in [-0.05, 0) is 25.5 Å². The minimum Gasteiger partial charge on any atom is -0.356 e. The van der Waals surface area contributed by atoms with Crippen LogP contribution in [0, 0.1) is 11.3 Å². The summed E-state index contributed by atoms with van der Waals surface area (Å²) >= 11 is 0. The van der Waals surface area contributed by atoms with Crippen molar-refractivity contribution < 1.29 is 13.2 Å².